The number of hydrogen-bond acceptors (Lipinski definition) is 3. The van der Waals surface area contributed by atoms with Crippen molar-refractivity contribution in [3.63, 3.8) is 0 Å². The highest BCUT2D eigenvalue weighted by atomic mass is 15.3. The van der Waals surface area contributed by atoms with Crippen LogP contribution in [-0.4, -0.2) is 19.3 Å². The molecule has 0 unspecified atom stereocenters. The number of anilines is 1. The standard InChI is InChI=1S/C13H19N5/c1-5-6-17-10(4)16-12(13(17)14)11-7-15-18(8-11)9(2)3/h5,7-9H,1,6,14H2,2-4H3. The van der Waals surface area contributed by atoms with Crippen LogP contribution in [0.15, 0.2) is 25.0 Å². The van der Waals surface area contributed by atoms with Gasteiger partial charge in [0, 0.05) is 24.3 Å². The molecule has 0 amide bonds. The maximum atomic E-state index is 6.12. The Morgan fingerprint density at radius 1 is 1.50 bits per heavy atom. The molecule has 2 N–H and O–H groups in total. The second-order valence-corrected chi connectivity index (χ2v) is 4.59. The van der Waals surface area contributed by atoms with Crippen molar-refractivity contribution in [3.05, 3.63) is 30.9 Å². The maximum Gasteiger partial charge on any atom is 0.132 e. The average molecular weight is 245 g/mol. The molecule has 0 aliphatic carbocycles. The highest BCUT2D eigenvalue weighted by Crippen LogP contribution is 2.26. The van der Waals surface area contributed by atoms with Gasteiger partial charge in [-0.25, -0.2) is 4.98 Å². The van der Waals surface area contributed by atoms with Crippen molar-refractivity contribution in [2.75, 3.05) is 5.73 Å². The van der Waals surface area contributed by atoms with Gasteiger partial charge in [0.15, 0.2) is 0 Å². The van der Waals surface area contributed by atoms with Crippen molar-refractivity contribution in [3.8, 4) is 11.3 Å². The Morgan fingerprint density at radius 3 is 2.78 bits per heavy atom. The lowest BCUT2D eigenvalue weighted by Crippen LogP contribution is -2.03. The second kappa shape index (κ2) is 4.68. The van der Waals surface area contributed by atoms with E-state index >= 15 is 0 Å². The highest BCUT2D eigenvalue weighted by molar-refractivity contribution is 5.70. The zero-order valence-corrected chi connectivity index (χ0v) is 11.1. The van der Waals surface area contributed by atoms with Gasteiger partial charge in [-0.05, 0) is 20.8 Å². The summed E-state index contributed by atoms with van der Waals surface area (Å²) in [7, 11) is 0. The molecule has 0 fully saturated rings. The van der Waals surface area contributed by atoms with E-state index in [2.05, 4.69) is 30.5 Å². The van der Waals surface area contributed by atoms with Crippen LogP contribution in [-0.2, 0) is 6.54 Å². The summed E-state index contributed by atoms with van der Waals surface area (Å²) in [6.45, 7) is 10.5. The lowest BCUT2D eigenvalue weighted by atomic mass is 10.2. The van der Waals surface area contributed by atoms with Gasteiger partial charge in [-0.1, -0.05) is 6.08 Å². The fourth-order valence-electron chi connectivity index (χ4n) is 1.90. The van der Waals surface area contributed by atoms with Gasteiger partial charge in [-0.3, -0.25) is 4.68 Å². The lowest BCUT2D eigenvalue weighted by Gasteiger charge is -2.04. The van der Waals surface area contributed by atoms with Crippen LogP contribution in [0, 0.1) is 6.92 Å². The Kier molecular flexibility index (Phi) is 3.23. The summed E-state index contributed by atoms with van der Waals surface area (Å²) in [5, 5.41) is 4.31. The lowest BCUT2D eigenvalue weighted by molar-refractivity contribution is 0.532. The number of rotatable bonds is 4. The number of aryl methyl sites for hydroxylation is 1. The van der Waals surface area contributed by atoms with Gasteiger partial charge in [0.25, 0.3) is 0 Å². The molecule has 5 heteroatoms. The molecule has 0 saturated heterocycles. The normalized spacial score (nSPS) is 11.1. The van der Waals surface area contributed by atoms with E-state index in [1.807, 2.05) is 28.4 Å². The van der Waals surface area contributed by atoms with Crippen molar-refractivity contribution in [2.45, 2.75) is 33.4 Å². The van der Waals surface area contributed by atoms with Crippen LogP contribution >= 0.6 is 0 Å². The zero-order valence-electron chi connectivity index (χ0n) is 11.1. The molecule has 0 aromatic carbocycles. The summed E-state index contributed by atoms with van der Waals surface area (Å²) in [5.74, 6) is 1.55. The summed E-state index contributed by atoms with van der Waals surface area (Å²) in [6, 6.07) is 0.330. The first kappa shape index (κ1) is 12.4. The van der Waals surface area contributed by atoms with E-state index in [-0.39, 0.29) is 0 Å². The molecule has 2 heterocycles. The minimum Gasteiger partial charge on any atom is -0.383 e. The summed E-state index contributed by atoms with van der Waals surface area (Å²) in [6.07, 6.45) is 5.59. The molecule has 0 aliphatic heterocycles. The molecular formula is C13H19N5. The summed E-state index contributed by atoms with van der Waals surface area (Å²) < 4.78 is 3.84. The van der Waals surface area contributed by atoms with Crippen LogP contribution in [0.5, 0.6) is 0 Å². The molecule has 2 rings (SSSR count). The fourth-order valence-corrected chi connectivity index (χ4v) is 1.90. The molecule has 0 atom stereocenters. The van der Waals surface area contributed by atoms with Gasteiger partial charge in [0.1, 0.15) is 17.3 Å². The van der Waals surface area contributed by atoms with E-state index in [0.717, 1.165) is 17.1 Å². The third-order valence-corrected chi connectivity index (χ3v) is 2.91. The number of allylic oxidation sites excluding steroid dienone is 1. The number of imidazole rings is 1. The topological polar surface area (TPSA) is 61.7 Å². The minimum atomic E-state index is 0.330. The minimum absolute atomic E-state index is 0.330. The molecule has 96 valence electrons. The molecule has 2 aromatic rings. The molecule has 0 aliphatic rings. The van der Waals surface area contributed by atoms with Crippen LogP contribution < -0.4 is 5.73 Å². The Balaban J connectivity index is 2.44. The van der Waals surface area contributed by atoms with Crippen LogP contribution in [0.1, 0.15) is 25.7 Å². The third-order valence-electron chi connectivity index (χ3n) is 2.91. The summed E-state index contributed by atoms with van der Waals surface area (Å²) >= 11 is 0. The smallest absolute Gasteiger partial charge is 0.132 e. The van der Waals surface area contributed by atoms with E-state index in [1.165, 1.54) is 0 Å². The number of hydrogen-bond donors (Lipinski definition) is 1. The largest absolute Gasteiger partial charge is 0.383 e. The Bertz CT molecular complexity index is 562. The first-order valence-corrected chi connectivity index (χ1v) is 6.02. The zero-order chi connectivity index (χ0) is 13.3. The molecule has 0 bridgehead atoms. The van der Waals surface area contributed by atoms with Crippen molar-refractivity contribution in [1.29, 1.82) is 0 Å². The van der Waals surface area contributed by atoms with Gasteiger partial charge in [-0.15, -0.1) is 6.58 Å². The number of nitrogens with two attached hydrogens (primary N) is 1. The molecule has 0 spiro atoms. The number of aromatic nitrogens is 4. The SMILES string of the molecule is C=CCn1c(C)nc(-c2cnn(C(C)C)c2)c1N. The number of nitrogen functional groups attached to an aromatic ring is 1. The van der Waals surface area contributed by atoms with Gasteiger partial charge in [0.05, 0.1) is 6.20 Å². The maximum absolute atomic E-state index is 6.12. The highest BCUT2D eigenvalue weighted by Gasteiger charge is 2.14. The van der Waals surface area contributed by atoms with Gasteiger partial charge < -0.3 is 10.3 Å². The van der Waals surface area contributed by atoms with E-state index < -0.39 is 0 Å². The van der Waals surface area contributed by atoms with E-state index in [9.17, 15) is 0 Å². The Hall–Kier alpha value is -2.04. The molecule has 18 heavy (non-hydrogen) atoms. The fraction of sp³-hybridized carbons (Fsp3) is 0.385. The van der Waals surface area contributed by atoms with Crippen LogP contribution in [0.4, 0.5) is 5.82 Å². The van der Waals surface area contributed by atoms with Crippen molar-refractivity contribution >= 4 is 5.82 Å². The van der Waals surface area contributed by atoms with Gasteiger partial charge in [-0.2, -0.15) is 5.10 Å². The van der Waals surface area contributed by atoms with Crippen molar-refractivity contribution in [2.24, 2.45) is 0 Å². The third kappa shape index (κ3) is 2.03. The predicted octanol–water partition coefficient (Wildman–Crippen LogP) is 2.40. The number of nitrogens with zero attached hydrogens (tertiary/aromatic N) is 4. The quantitative estimate of drug-likeness (QED) is 0.841. The summed E-state index contributed by atoms with van der Waals surface area (Å²) in [4.78, 5) is 4.51. The van der Waals surface area contributed by atoms with Crippen LogP contribution in [0.2, 0.25) is 0 Å². The van der Waals surface area contributed by atoms with E-state index in [1.54, 1.807) is 6.20 Å². The van der Waals surface area contributed by atoms with E-state index in [4.69, 9.17) is 5.73 Å². The van der Waals surface area contributed by atoms with Crippen molar-refractivity contribution < 1.29 is 0 Å². The first-order chi connectivity index (χ1) is 8.54. The van der Waals surface area contributed by atoms with Crippen LogP contribution in [0.25, 0.3) is 11.3 Å². The molecule has 0 saturated carbocycles. The molecule has 5 nitrogen and oxygen atoms in total. The average Bonchev–Trinajstić information content (AvgIpc) is 2.89. The van der Waals surface area contributed by atoms with Gasteiger partial charge >= 0.3 is 0 Å². The molecular weight excluding hydrogens is 226 g/mol. The molecule has 2 aromatic heterocycles. The Labute approximate surface area is 107 Å². The molecule has 0 radical (unpaired) electrons. The summed E-state index contributed by atoms with van der Waals surface area (Å²) in [5.41, 5.74) is 7.87. The van der Waals surface area contributed by atoms with Gasteiger partial charge in [0.2, 0.25) is 0 Å². The second-order valence-electron chi connectivity index (χ2n) is 4.59. The van der Waals surface area contributed by atoms with E-state index in [0.29, 0.717) is 18.4 Å². The first-order valence-electron chi connectivity index (χ1n) is 6.02. The monoisotopic (exact) mass is 245 g/mol. The Morgan fingerprint density at radius 2 is 2.22 bits per heavy atom. The van der Waals surface area contributed by atoms with Crippen LogP contribution in [0.3, 0.4) is 0 Å². The predicted molar refractivity (Wildman–Crippen MR) is 73.2 cm³/mol. The van der Waals surface area contributed by atoms with Crippen molar-refractivity contribution in [1.82, 2.24) is 19.3 Å².